The van der Waals surface area contributed by atoms with Gasteiger partial charge in [0.2, 0.25) is 0 Å². The zero-order chi connectivity index (χ0) is 15.8. The molecule has 3 aromatic heterocycles. The number of hydrogen-bond acceptors (Lipinski definition) is 4. The first-order valence-electron chi connectivity index (χ1n) is 7.09. The number of amides is 1. The second-order valence-electron chi connectivity index (χ2n) is 5.17. The molecule has 0 saturated carbocycles. The molecule has 114 valence electrons. The maximum absolute atomic E-state index is 12.1. The Morgan fingerprint density at radius 1 is 1.22 bits per heavy atom. The van der Waals surface area contributed by atoms with E-state index in [-0.39, 0.29) is 5.91 Å². The molecule has 0 unspecified atom stereocenters. The lowest BCUT2D eigenvalue weighted by Crippen LogP contribution is -2.09. The van der Waals surface area contributed by atoms with Gasteiger partial charge in [0.25, 0.3) is 5.91 Å². The van der Waals surface area contributed by atoms with Gasteiger partial charge >= 0.3 is 0 Å². The predicted molar refractivity (Wildman–Crippen MR) is 95.5 cm³/mol. The molecule has 23 heavy (non-hydrogen) atoms. The van der Waals surface area contributed by atoms with E-state index < -0.39 is 0 Å². The van der Waals surface area contributed by atoms with E-state index >= 15 is 0 Å². The van der Waals surface area contributed by atoms with Crippen LogP contribution in [0.5, 0.6) is 0 Å². The van der Waals surface area contributed by atoms with Crippen molar-refractivity contribution >= 4 is 39.2 Å². The van der Waals surface area contributed by atoms with Crippen molar-refractivity contribution in [1.82, 2.24) is 9.38 Å². The van der Waals surface area contributed by atoms with Crippen LogP contribution < -0.4 is 5.32 Å². The number of anilines is 1. The molecule has 4 aromatic rings. The molecule has 1 aromatic carbocycles. The van der Waals surface area contributed by atoms with Gasteiger partial charge in [-0.1, -0.05) is 18.2 Å². The van der Waals surface area contributed by atoms with Crippen molar-refractivity contribution in [3.8, 4) is 11.3 Å². The van der Waals surface area contributed by atoms with Gasteiger partial charge in [0.1, 0.15) is 0 Å². The Labute approximate surface area is 141 Å². The first-order valence-corrected chi connectivity index (χ1v) is 8.79. The summed E-state index contributed by atoms with van der Waals surface area (Å²) in [6.45, 7) is 2.07. The lowest BCUT2D eigenvalue weighted by molar-refractivity contribution is 0.103. The second-order valence-corrected chi connectivity index (χ2v) is 7.33. The topological polar surface area (TPSA) is 46.4 Å². The van der Waals surface area contributed by atoms with Crippen LogP contribution in [0, 0.1) is 6.92 Å². The fraction of sp³-hybridized carbons (Fsp3) is 0.0588. The standard InChI is InChI=1S/C17H13N3OS2/c1-11-9-20-10-14(19-17(20)23-11)12-4-2-5-13(8-12)18-16(21)15-6-3-7-22-15/h2-10H,1H3,(H,18,21). The summed E-state index contributed by atoms with van der Waals surface area (Å²) in [5.74, 6) is -0.0846. The van der Waals surface area contributed by atoms with Gasteiger partial charge in [-0.25, -0.2) is 4.98 Å². The minimum absolute atomic E-state index is 0.0846. The van der Waals surface area contributed by atoms with Gasteiger partial charge in [0.05, 0.1) is 10.6 Å². The van der Waals surface area contributed by atoms with E-state index in [2.05, 4.69) is 23.4 Å². The van der Waals surface area contributed by atoms with E-state index in [1.165, 1.54) is 16.2 Å². The number of imidazole rings is 1. The van der Waals surface area contributed by atoms with Crippen LogP contribution in [0.2, 0.25) is 0 Å². The SMILES string of the molecule is Cc1cn2cc(-c3cccc(NC(=O)c4cccs4)c3)nc2s1. The summed E-state index contributed by atoms with van der Waals surface area (Å²) < 4.78 is 2.03. The highest BCUT2D eigenvalue weighted by atomic mass is 32.1. The monoisotopic (exact) mass is 339 g/mol. The lowest BCUT2D eigenvalue weighted by atomic mass is 10.1. The highest BCUT2D eigenvalue weighted by Crippen LogP contribution is 2.25. The fourth-order valence-electron chi connectivity index (χ4n) is 2.41. The van der Waals surface area contributed by atoms with Crippen molar-refractivity contribution in [2.24, 2.45) is 0 Å². The molecule has 1 amide bonds. The molecule has 0 bridgehead atoms. The number of rotatable bonds is 3. The molecule has 0 radical (unpaired) electrons. The highest BCUT2D eigenvalue weighted by molar-refractivity contribution is 7.17. The van der Waals surface area contributed by atoms with E-state index in [0.29, 0.717) is 4.88 Å². The van der Waals surface area contributed by atoms with Crippen LogP contribution in [0.4, 0.5) is 5.69 Å². The van der Waals surface area contributed by atoms with Crippen molar-refractivity contribution in [1.29, 1.82) is 0 Å². The Kier molecular flexibility index (Phi) is 3.48. The summed E-state index contributed by atoms with van der Waals surface area (Å²) >= 11 is 3.09. The molecule has 4 nitrogen and oxygen atoms in total. The Morgan fingerprint density at radius 3 is 2.91 bits per heavy atom. The van der Waals surface area contributed by atoms with E-state index in [4.69, 9.17) is 0 Å². The molecular formula is C17H13N3OS2. The van der Waals surface area contributed by atoms with Gasteiger partial charge < -0.3 is 5.32 Å². The molecule has 6 heteroatoms. The quantitative estimate of drug-likeness (QED) is 0.589. The number of fused-ring (bicyclic) bond motifs is 1. The molecule has 0 aliphatic heterocycles. The molecule has 0 aliphatic rings. The number of hydrogen-bond donors (Lipinski definition) is 1. The summed E-state index contributed by atoms with van der Waals surface area (Å²) in [4.78, 5) is 19.7. The summed E-state index contributed by atoms with van der Waals surface area (Å²) in [6.07, 6.45) is 4.08. The van der Waals surface area contributed by atoms with Crippen LogP contribution in [-0.2, 0) is 0 Å². The molecule has 1 N–H and O–H groups in total. The molecule has 0 aliphatic carbocycles. The van der Waals surface area contributed by atoms with Gasteiger partial charge in [0.15, 0.2) is 4.96 Å². The van der Waals surface area contributed by atoms with Crippen molar-refractivity contribution < 1.29 is 4.79 Å². The van der Waals surface area contributed by atoms with Crippen LogP contribution in [0.25, 0.3) is 16.2 Å². The molecule has 0 spiro atoms. The number of aromatic nitrogens is 2. The lowest BCUT2D eigenvalue weighted by Gasteiger charge is -2.05. The van der Waals surface area contributed by atoms with Crippen molar-refractivity contribution in [3.05, 3.63) is 63.9 Å². The number of thiazole rings is 1. The number of carbonyl (C=O) groups is 1. The van der Waals surface area contributed by atoms with Gasteiger partial charge in [-0.05, 0) is 30.5 Å². The largest absolute Gasteiger partial charge is 0.321 e. The highest BCUT2D eigenvalue weighted by Gasteiger charge is 2.10. The van der Waals surface area contributed by atoms with E-state index in [9.17, 15) is 4.79 Å². The van der Waals surface area contributed by atoms with Crippen LogP contribution >= 0.6 is 22.7 Å². The predicted octanol–water partition coefficient (Wildman–Crippen LogP) is 4.69. The summed E-state index contributed by atoms with van der Waals surface area (Å²) in [5, 5.41) is 4.82. The number of aryl methyl sites for hydroxylation is 1. The maximum Gasteiger partial charge on any atom is 0.265 e. The maximum atomic E-state index is 12.1. The zero-order valence-electron chi connectivity index (χ0n) is 12.3. The fourth-order valence-corrected chi connectivity index (χ4v) is 3.83. The Hall–Kier alpha value is -2.44. The van der Waals surface area contributed by atoms with E-state index in [1.807, 2.05) is 52.4 Å². The smallest absolute Gasteiger partial charge is 0.265 e. The summed E-state index contributed by atoms with van der Waals surface area (Å²) in [7, 11) is 0. The molecule has 0 fully saturated rings. The third-order valence-corrected chi connectivity index (χ3v) is 5.21. The summed E-state index contributed by atoms with van der Waals surface area (Å²) in [6, 6.07) is 11.5. The van der Waals surface area contributed by atoms with Crippen LogP contribution in [0.15, 0.2) is 54.2 Å². The summed E-state index contributed by atoms with van der Waals surface area (Å²) in [5.41, 5.74) is 2.67. The molecular weight excluding hydrogens is 326 g/mol. The van der Waals surface area contributed by atoms with Crippen LogP contribution in [-0.4, -0.2) is 15.3 Å². The number of benzene rings is 1. The van der Waals surface area contributed by atoms with Crippen LogP contribution in [0.3, 0.4) is 0 Å². The van der Waals surface area contributed by atoms with E-state index in [0.717, 1.165) is 21.9 Å². The number of carbonyl (C=O) groups excluding carboxylic acids is 1. The van der Waals surface area contributed by atoms with E-state index in [1.54, 1.807) is 11.3 Å². The van der Waals surface area contributed by atoms with Crippen molar-refractivity contribution in [2.45, 2.75) is 6.92 Å². The number of thiophene rings is 1. The van der Waals surface area contributed by atoms with Crippen LogP contribution in [0.1, 0.15) is 14.5 Å². The van der Waals surface area contributed by atoms with Gasteiger partial charge in [-0.3, -0.25) is 9.20 Å². The van der Waals surface area contributed by atoms with Gasteiger partial charge in [-0.15, -0.1) is 22.7 Å². The Balaban J connectivity index is 1.62. The Bertz CT molecular complexity index is 951. The van der Waals surface area contributed by atoms with Gasteiger partial charge in [0, 0.05) is 28.5 Å². The molecule has 0 atom stereocenters. The zero-order valence-corrected chi connectivity index (χ0v) is 13.9. The molecule has 0 saturated heterocycles. The van der Waals surface area contributed by atoms with Crippen molar-refractivity contribution in [2.75, 3.05) is 5.32 Å². The normalized spacial score (nSPS) is 11.0. The average molecular weight is 339 g/mol. The minimum atomic E-state index is -0.0846. The number of nitrogens with one attached hydrogen (secondary N) is 1. The van der Waals surface area contributed by atoms with Gasteiger partial charge in [-0.2, -0.15) is 0 Å². The first-order chi connectivity index (χ1) is 11.2. The first kappa shape index (κ1) is 14.2. The minimum Gasteiger partial charge on any atom is -0.321 e. The molecule has 3 heterocycles. The second kappa shape index (κ2) is 5.64. The third-order valence-electron chi connectivity index (χ3n) is 3.43. The molecule has 4 rings (SSSR count). The number of nitrogens with zero attached hydrogens (tertiary/aromatic N) is 2. The Morgan fingerprint density at radius 2 is 2.13 bits per heavy atom. The van der Waals surface area contributed by atoms with Crippen molar-refractivity contribution in [3.63, 3.8) is 0 Å². The third kappa shape index (κ3) is 2.78. The average Bonchev–Trinajstić information content (AvgIpc) is 3.22.